The van der Waals surface area contributed by atoms with Crippen molar-refractivity contribution in [2.45, 2.75) is 18.8 Å². The Morgan fingerprint density at radius 2 is 2.04 bits per heavy atom. The Labute approximate surface area is 158 Å². The first-order chi connectivity index (χ1) is 13.3. The maximum absolute atomic E-state index is 13.7. The molecule has 1 N–H and O–H groups in total. The van der Waals surface area contributed by atoms with Gasteiger partial charge in [0, 0.05) is 6.54 Å². The maximum Gasteiger partial charge on any atom is 0.423 e. The molecule has 1 aromatic heterocycles. The van der Waals surface area contributed by atoms with Gasteiger partial charge in [-0.15, -0.1) is 0 Å². The van der Waals surface area contributed by atoms with Gasteiger partial charge in [0.15, 0.2) is 0 Å². The third-order valence-corrected chi connectivity index (χ3v) is 4.55. The predicted molar refractivity (Wildman–Crippen MR) is 94.6 cm³/mol. The standard InChI is InChI=1S/C18H20F3N3O4/c1-27-14-4-2-12(3-5-14)9-24-17(26)16(18(19,20)21)15(8-22-24)23-6-7-28-11-13(23)10-25/h2-5,8,13,25H,6-7,9-11H2,1H3/t13-/m0/s1. The molecule has 152 valence electrons. The van der Waals surface area contributed by atoms with Crippen molar-refractivity contribution in [1.29, 1.82) is 0 Å². The van der Waals surface area contributed by atoms with Crippen LogP contribution in [0.4, 0.5) is 18.9 Å². The summed E-state index contributed by atoms with van der Waals surface area (Å²) in [4.78, 5) is 14.0. The number of aliphatic hydroxyl groups is 1. The van der Waals surface area contributed by atoms with Gasteiger partial charge in [-0.2, -0.15) is 18.3 Å². The molecule has 3 rings (SSSR count). The molecular weight excluding hydrogens is 379 g/mol. The summed E-state index contributed by atoms with van der Waals surface area (Å²) in [6, 6.07) is 5.93. The summed E-state index contributed by atoms with van der Waals surface area (Å²) in [5, 5.41) is 13.4. The highest BCUT2D eigenvalue weighted by Gasteiger charge is 2.41. The summed E-state index contributed by atoms with van der Waals surface area (Å²) in [6.07, 6.45) is -3.84. The van der Waals surface area contributed by atoms with Gasteiger partial charge >= 0.3 is 6.18 Å². The first-order valence-electron chi connectivity index (χ1n) is 8.60. The van der Waals surface area contributed by atoms with Gasteiger partial charge in [0.2, 0.25) is 0 Å². The lowest BCUT2D eigenvalue weighted by Crippen LogP contribution is -2.49. The number of ether oxygens (including phenoxy) is 2. The van der Waals surface area contributed by atoms with Crippen LogP contribution >= 0.6 is 0 Å². The van der Waals surface area contributed by atoms with Crippen molar-refractivity contribution < 1.29 is 27.8 Å². The summed E-state index contributed by atoms with van der Waals surface area (Å²) >= 11 is 0. The Kier molecular flexibility index (Phi) is 5.90. The second-order valence-corrected chi connectivity index (χ2v) is 6.32. The number of nitrogens with zero attached hydrogens (tertiary/aromatic N) is 3. The fourth-order valence-electron chi connectivity index (χ4n) is 3.10. The van der Waals surface area contributed by atoms with E-state index in [1.54, 1.807) is 24.3 Å². The van der Waals surface area contributed by atoms with E-state index in [0.717, 1.165) is 10.9 Å². The van der Waals surface area contributed by atoms with Crippen molar-refractivity contribution in [3.05, 3.63) is 51.9 Å². The SMILES string of the molecule is COc1ccc(Cn2ncc(N3CCOC[C@@H]3CO)c(C(F)(F)F)c2=O)cc1. The minimum absolute atomic E-state index is 0.0722. The van der Waals surface area contributed by atoms with E-state index in [-0.39, 0.29) is 32.0 Å². The zero-order chi connectivity index (χ0) is 20.3. The van der Waals surface area contributed by atoms with Crippen molar-refractivity contribution in [3.8, 4) is 5.75 Å². The lowest BCUT2D eigenvalue weighted by molar-refractivity contribution is -0.138. The number of benzene rings is 1. The molecule has 0 bridgehead atoms. The number of morpholine rings is 1. The van der Waals surface area contributed by atoms with Gasteiger partial charge in [0.25, 0.3) is 5.56 Å². The molecule has 0 saturated carbocycles. The normalized spacial score (nSPS) is 17.6. The molecule has 1 aromatic carbocycles. The Balaban J connectivity index is 2.01. The lowest BCUT2D eigenvalue weighted by atomic mass is 10.1. The second kappa shape index (κ2) is 8.19. The van der Waals surface area contributed by atoms with E-state index in [1.165, 1.54) is 12.0 Å². The number of hydrogen-bond donors (Lipinski definition) is 1. The van der Waals surface area contributed by atoms with Crippen LogP contribution in [0.5, 0.6) is 5.75 Å². The number of alkyl halides is 3. The van der Waals surface area contributed by atoms with Crippen molar-refractivity contribution >= 4 is 5.69 Å². The minimum atomic E-state index is -4.87. The summed E-state index contributed by atoms with van der Waals surface area (Å²) in [7, 11) is 1.50. The molecule has 0 radical (unpaired) electrons. The zero-order valence-corrected chi connectivity index (χ0v) is 15.1. The highest BCUT2D eigenvalue weighted by Crippen LogP contribution is 2.34. The minimum Gasteiger partial charge on any atom is -0.497 e. The van der Waals surface area contributed by atoms with E-state index in [1.807, 2.05) is 0 Å². The van der Waals surface area contributed by atoms with E-state index >= 15 is 0 Å². The van der Waals surface area contributed by atoms with Crippen LogP contribution in [0.2, 0.25) is 0 Å². The molecule has 1 aliphatic heterocycles. The predicted octanol–water partition coefficient (Wildman–Crippen LogP) is 1.52. The Morgan fingerprint density at radius 1 is 1.32 bits per heavy atom. The second-order valence-electron chi connectivity index (χ2n) is 6.32. The average molecular weight is 399 g/mol. The zero-order valence-electron chi connectivity index (χ0n) is 15.1. The summed E-state index contributed by atoms with van der Waals surface area (Å²) in [5.74, 6) is 0.595. The molecule has 7 nitrogen and oxygen atoms in total. The van der Waals surface area contributed by atoms with Crippen LogP contribution in [-0.4, -0.2) is 54.4 Å². The number of hydrogen-bond acceptors (Lipinski definition) is 6. The Bertz CT molecular complexity index is 868. The van der Waals surface area contributed by atoms with Crippen LogP contribution in [0, 0.1) is 0 Å². The first-order valence-corrected chi connectivity index (χ1v) is 8.60. The van der Waals surface area contributed by atoms with Gasteiger partial charge in [0.05, 0.1) is 51.4 Å². The van der Waals surface area contributed by atoms with Gasteiger partial charge in [-0.05, 0) is 17.7 Å². The van der Waals surface area contributed by atoms with E-state index in [9.17, 15) is 23.1 Å². The molecule has 0 amide bonds. The monoisotopic (exact) mass is 399 g/mol. The van der Waals surface area contributed by atoms with Crippen LogP contribution in [0.3, 0.4) is 0 Å². The van der Waals surface area contributed by atoms with Gasteiger partial charge in [0.1, 0.15) is 11.3 Å². The third kappa shape index (κ3) is 4.12. The number of halogens is 3. The molecule has 1 aliphatic rings. The van der Waals surface area contributed by atoms with Crippen LogP contribution in [0.15, 0.2) is 35.3 Å². The molecule has 0 spiro atoms. The van der Waals surface area contributed by atoms with Gasteiger partial charge in [-0.3, -0.25) is 4.79 Å². The van der Waals surface area contributed by atoms with E-state index in [4.69, 9.17) is 9.47 Å². The van der Waals surface area contributed by atoms with E-state index in [0.29, 0.717) is 11.3 Å². The Morgan fingerprint density at radius 3 is 2.64 bits per heavy atom. The Hall–Kier alpha value is -2.59. The summed E-state index contributed by atoms with van der Waals surface area (Å²) in [5.41, 5.74) is -2.26. The van der Waals surface area contributed by atoms with Crippen molar-refractivity contribution in [2.24, 2.45) is 0 Å². The maximum atomic E-state index is 13.7. The average Bonchev–Trinajstić information content (AvgIpc) is 2.69. The van der Waals surface area contributed by atoms with Crippen molar-refractivity contribution in [2.75, 3.05) is 38.4 Å². The van der Waals surface area contributed by atoms with Crippen LogP contribution in [-0.2, 0) is 17.5 Å². The van der Waals surface area contributed by atoms with E-state index < -0.39 is 29.9 Å². The van der Waals surface area contributed by atoms with Crippen molar-refractivity contribution in [1.82, 2.24) is 9.78 Å². The molecule has 0 aliphatic carbocycles. The molecule has 2 heterocycles. The lowest BCUT2D eigenvalue weighted by Gasteiger charge is -2.37. The number of methoxy groups -OCH3 is 1. The molecule has 0 unspecified atom stereocenters. The number of anilines is 1. The molecule has 1 fully saturated rings. The number of aliphatic hydroxyl groups excluding tert-OH is 1. The number of aromatic nitrogens is 2. The van der Waals surface area contributed by atoms with E-state index in [2.05, 4.69) is 5.10 Å². The van der Waals surface area contributed by atoms with Crippen molar-refractivity contribution in [3.63, 3.8) is 0 Å². The first kappa shape index (κ1) is 20.2. The third-order valence-electron chi connectivity index (χ3n) is 4.55. The molecular formula is C18H20F3N3O4. The highest BCUT2D eigenvalue weighted by atomic mass is 19.4. The quantitative estimate of drug-likeness (QED) is 0.822. The highest BCUT2D eigenvalue weighted by molar-refractivity contribution is 5.53. The largest absolute Gasteiger partial charge is 0.497 e. The van der Waals surface area contributed by atoms with Gasteiger partial charge < -0.3 is 19.5 Å². The van der Waals surface area contributed by atoms with Crippen LogP contribution in [0.25, 0.3) is 0 Å². The van der Waals surface area contributed by atoms with Gasteiger partial charge in [-0.25, -0.2) is 4.68 Å². The fraction of sp³-hybridized carbons (Fsp3) is 0.444. The fourth-order valence-corrected chi connectivity index (χ4v) is 3.10. The molecule has 1 saturated heterocycles. The smallest absolute Gasteiger partial charge is 0.423 e. The van der Waals surface area contributed by atoms with Crippen LogP contribution in [0.1, 0.15) is 11.1 Å². The number of rotatable bonds is 5. The van der Waals surface area contributed by atoms with Gasteiger partial charge in [-0.1, -0.05) is 12.1 Å². The molecule has 2 aromatic rings. The van der Waals surface area contributed by atoms with Crippen LogP contribution < -0.4 is 15.2 Å². The topological polar surface area (TPSA) is 76.8 Å². The molecule has 28 heavy (non-hydrogen) atoms. The summed E-state index contributed by atoms with van der Waals surface area (Å²) < 4.78 is 52.2. The molecule has 1 atom stereocenters. The molecule has 10 heteroatoms. The summed E-state index contributed by atoms with van der Waals surface area (Å²) in [6.45, 7) is -0.117.